The summed E-state index contributed by atoms with van der Waals surface area (Å²) in [5.41, 5.74) is 2.01. The molecule has 25 heavy (non-hydrogen) atoms. The summed E-state index contributed by atoms with van der Waals surface area (Å²) < 4.78 is 0. The molecule has 0 unspecified atom stereocenters. The minimum absolute atomic E-state index is 0.246. The van der Waals surface area contributed by atoms with Crippen molar-refractivity contribution in [3.8, 4) is 11.4 Å². The molecule has 0 fully saturated rings. The van der Waals surface area contributed by atoms with Crippen LogP contribution in [0, 0.1) is 6.92 Å². The van der Waals surface area contributed by atoms with Gasteiger partial charge >= 0.3 is 0 Å². The zero-order valence-corrected chi connectivity index (χ0v) is 14.1. The molecule has 3 N–H and O–H groups in total. The third-order valence-electron chi connectivity index (χ3n) is 3.52. The van der Waals surface area contributed by atoms with Crippen LogP contribution in [0.3, 0.4) is 0 Å². The Bertz CT molecular complexity index is 860. The van der Waals surface area contributed by atoms with E-state index in [0.29, 0.717) is 36.3 Å². The zero-order valence-electron chi connectivity index (χ0n) is 14.1. The zero-order chi connectivity index (χ0) is 17.6. The Hall–Kier alpha value is -3.29. The number of benzene rings is 1. The fourth-order valence-corrected chi connectivity index (χ4v) is 2.31. The Labute approximate surface area is 145 Å². The lowest BCUT2D eigenvalue weighted by Gasteiger charge is -2.06. The number of aromatic nitrogens is 5. The molecule has 8 nitrogen and oxygen atoms in total. The van der Waals surface area contributed by atoms with Gasteiger partial charge in [-0.2, -0.15) is 5.10 Å². The average Bonchev–Trinajstić information content (AvgIpc) is 3.10. The van der Waals surface area contributed by atoms with Crippen molar-refractivity contribution in [2.24, 2.45) is 0 Å². The Morgan fingerprint density at radius 2 is 1.96 bits per heavy atom. The van der Waals surface area contributed by atoms with Crippen molar-refractivity contribution in [2.75, 3.05) is 18.9 Å². The van der Waals surface area contributed by atoms with Gasteiger partial charge in [0, 0.05) is 31.3 Å². The molecule has 8 heteroatoms. The minimum atomic E-state index is -0.246. The van der Waals surface area contributed by atoms with E-state index in [4.69, 9.17) is 0 Å². The van der Waals surface area contributed by atoms with E-state index in [1.807, 2.05) is 37.3 Å². The normalized spacial score (nSPS) is 10.5. The molecule has 2 heterocycles. The van der Waals surface area contributed by atoms with Crippen molar-refractivity contribution in [3.05, 3.63) is 53.6 Å². The molecule has 0 bridgehead atoms. The van der Waals surface area contributed by atoms with Crippen LogP contribution in [0.15, 0.2) is 36.4 Å². The fraction of sp³-hybridized carbons (Fsp3) is 0.235. The van der Waals surface area contributed by atoms with Crippen molar-refractivity contribution in [1.29, 1.82) is 0 Å². The smallest absolute Gasteiger partial charge is 0.270 e. The first kappa shape index (κ1) is 16.6. The molecule has 0 saturated heterocycles. The topological polar surface area (TPSA) is 108 Å². The van der Waals surface area contributed by atoms with Gasteiger partial charge in [-0.05, 0) is 13.0 Å². The molecule has 0 atom stereocenters. The Morgan fingerprint density at radius 3 is 2.72 bits per heavy atom. The molecule has 0 spiro atoms. The predicted octanol–water partition coefficient (Wildman–Crippen LogP) is 1.58. The number of hydrogen-bond acceptors (Lipinski definition) is 6. The molecule has 2 aromatic heterocycles. The van der Waals surface area contributed by atoms with Gasteiger partial charge in [-0.1, -0.05) is 30.3 Å². The second kappa shape index (κ2) is 7.52. The molecule has 0 aliphatic heterocycles. The second-order valence-electron chi connectivity index (χ2n) is 5.45. The Kier molecular flexibility index (Phi) is 4.98. The highest BCUT2D eigenvalue weighted by Crippen LogP contribution is 2.13. The molecule has 3 rings (SSSR count). The van der Waals surface area contributed by atoms with Crippen LogP contribution in [0.5, 0.6) is 0 Å². The predicted molar refractivity (Wildman–Crippen MR) is 94.2 cm³/mol. The van der Waals surface area contributed by atoms with Crippen molar-refractivity contribution in [2.45, 2.75) is 13.3 Å². The van der Waals surface area contributed by atoms with E-state index >= 15 is 0 Å². The lowest BCUT2D eigenvalue weighted by Crippen LogP contribution is -2.27. The van der Waals surface area contributed by atoms with Crippen LogP contribution < -0.4 is 10.6 Å². The number of aryl methyl sites for hydroxylation is 1. The molecule has 1 amide bonds. The maximum atomic E-state index is 12.2. The highest BCUT2D eigenvalue weighted by molar-refractivity contribution is 5.92. The quantitative estimate of drug-likeness (QED) is 0.630. The highest BCUT2D eigenvalue weighted by atomic mass is 16.1. The summed E-state index contributed by atoms with van der Waals surface area (Å²) in [7, 11) is 1.71. The summed E-state index contributed by atoms with van der Waals surface area (Å²) in [6.45, 7) is 2.25. The number of H-pyrrole nitrogens is 1. The summed E-state index contributed by atoms with van der Waals surface area (Å²) in [5.74, 6) is 1.54. The molecule has 0 aliphatic rings. The number of aromatic amines is 1. The van der Waals surface area contributed by atoms with Crippen LogP contribution in [0.25, 0.3) is 11.4 Å². The van der Waals surface area contributed by atoms with Crippen LogP contribution in [0.4, 0.5) is 5.95 Å². The maximum Gasteiger partial charge on any atom is 0.270 e. The fourth-order valence-electron chi connectivity index (χ4n) is 2.31. The third-order valence-corrected chi connectivity index (χ3v) is 3.52. The highest BCUT2D eigenvalue weighted by Gasteiger charge is 2.11. The van der Waals surface area contributed by atoms with E-state index < -0.39 is 0 Å². The van der Waals surface area contributed by atoms with Gasteiger partial charge in [-0.3, -0.25) is 9.89 Å². The standard InChI is InChI=1S/C17H19N7O/c1-11-10-13(21-17(18-2)20-11)16(25)19-9-8-14-22-15(24-23-14)12-6-4-3-5-7-12/h3-7,10H,8-9H2,1-2H3,(H,19,25)(H,18,20,21)(H,22,23,24). The lowest BCUT2D eigenvalue weighted by molar-refractivity contribution is 0.0949. The molecule has 3 aromatic rings. The SMILES string of the molecule is CNc1nc(C)cc(C(=O)NCCc2nc(-c3ccccc3)n[nH]2)n1. The van der Waals surface area contributed by atoms with Crippen LogP contribution >= 0.6 is 0 Å². The number of carbonyl (C=O) groups excluding carboxylic acids is 1. The van der Waals surface area contributed by atoms with E-state index in [1.54, 1.807) is 13.1 Å². The van der Waals surface area contributed by atoms with E-state index in [1.165, 1.54) is 0 Å². The first-order valence-electron chi connectivity index (χ1n) is 7.94. The van der Waals surface area contributed by atoms with E-state index in [9.17, 15) is 4.79 Å². The molecule has 128 valence electrons. The van der Waals surface area contributed by atoms with Gasteiger partial charge in [0.25, 0.3) is 5.91 Å². The van der Waals surface area contributed by atoms with Crippen LogP contribution in [0.1, 0.15) is 22.0 Å². The number of rotatable bonds is 6. The Balaban J connectivity index is 1.57. The number of nitrogens with one attached hydrogen (secondary N) is 3. The lowest BCUT2D eigenvalue weighted by atomic mass is 10.2. The van der Waals surface area contributed by atoms with Crippen LogP contribution in [-0.2, 0) is 6.42 Å². The van der Waals surface area contributed by atoms with E-state index in [2.05, 4.69) is 35.8 Å². The summed E-state index contributed by atoms with van der Waals surface area (Å²) in [6.07, 6.45) is 0.550. The van der Waals surface area contributed by atoms with Crippen molar-refractivity contribution >= 4 is 11.9 Å². The number of anilines is 1. The van der Waals surface area contributed by atoms with Gasteiger partial charge in [-0.25, -0.2) is 15.0 Å². The van der Waals surface area contributed by atoms with Crippen LogP contribution in [0.2, 0.25) is 0 Å². The summed E-state index contributed by atoms with van der Waals surface area (Å²) in [6, 6.07) is 11.4. The average molecular weight is 337 g/mol. The molecule has 1 aromatic carbocycles. The van der Waals surface area contributed by atoms with Gasteiger partial charge in [0.05, 0.1) is 0 Å². The molecule has 0 saturated carbocycles. The number of carbonyl (C=O) groups is 1. The van der Waals surface area contributed by atoms with E-state index in [0.717, 1.165) is 11.3 Å². The van der Waals surface area contributed by atoms with Gasteiger partial charge in [0.2, 0.25) is 5.95 Å². The summed E-state index contributed by atoms with van der Waals surface area (Å²) in [4.78, 5) is 25.0. The van der Waals surface area contributed by atoms with Gasteiger partial charge in [0.15, 0.2) is 5.82 Å². The second-order valence-corrected chi connectivity index (χ2v) is 5.45. The van der Waals surface area contributed by atoms with Gasteiger partial charge in [-0.15, -0.1) is 0 Å². The summed E-state index contributed by atoms with van der Waals surface area (Å²) >= 11 is 0. The Morgan fingerprint density at radius 1 is 1.16 bits per heavy atom. The summed E-state index contributed by atoms with van der Waals surface area (Å²) in [5, 5.41) is 12.8. The molecule has 0 radical (unpaired) electrons. The third kappa shape index (κ3) is 4.17. The minimum Gasteiger partial charge on any atom is -0.357 e. The maximum absolute atomic E-state index is 12.2. The molecule has 0 aliphatic carbocycles. The molecular weight excluding hydrogens is 318 g/mol. The first-order valence-corrected chi connectivity index (χ1v) is 7.94. The van der Waals surface area contributed by atoms with Crippen molar-refractivity contribution in [1.82, 2.24) is 30.5 Å². The van der Waals surface area contributed by atoms with Gasteiger partial charge < -0.3 is 10.6 Å². The number of nitrogens with zero attached hydrogens (tertiary/aromatic N) is 4. The first-order chi connectivity index (χ1) is 12.2. The number of amides is 1. The number of hydrogen-bond donors (Lipinski definition) is 3. The van der Waals surface area contributed by atoms with E-state index in [-0.39, 0.29) is 5.91 Å². The van der Waals surface area contributed by atoms with Gasteiger partial charge in [0.1, 0.15) is 11.5 Å². The largest absolute Gasteiger partial charge is 0.357 e. The monoisotopic (exact) mass is 337 g/mol. The van der Waals surface area contributed by atoms with Crippen LogP contribution in [-0.4, -0.2) is 44.6 Å². The van der Waals surface area contributed by atoms with Crippen molar-refractivity contribution in [3.63, 3.8) is 0 Å². The van der Waals surface area contributed by atoms with Crippen molar-refractivity contribution < 1.29 is 4.79 Å². The molecular formula is C17H19N7O.